The Labute approximate surface area is 167 Å². The van der Waals surface area contributed by atoms with Crippen LogP contribution < -0.4 is 14.2 Å². The van der Waals surface area contributed by atoms with Crippen molar-refractivity contribution in [2.75, 3.05) is 13.7 Å². The molecule has 0 spiro atoms. The summed E-state index contributed by atoms with van der Waals surface area (Å²) in [5.74, 6) is 1.17. The number of ether oxygens (including phenoxy) is 3. The Morgan fingerprint density at radius 1 is 1.19 bits per heavy atom. The van der Waals surface area contributed by atoms with Gasteiger partial charge in [-0.15, -0.1) is 0 Å². The quantitative estimate of drug-likeness (QED) is 0.253. The van der Waals surface area contributed by atoms with Gasteiger partial charge in [0, 0.05) is 12.5 Å². The number of allylic oxidation sites excluding steroid dienone is 1. The Bertz CT molecular complexity index is 871. The van der Waals surface area contributed by atoms with Crippen LogP contribution in [0.5, 0.6) is 17.2 Å². The molecule has 0 aromatic heterocycles. The minimum atomic E-state index is -0.361. The minimum Gasteiger partial charge on any atom is -0.493 e. The average Bonchev–Trinajstić information content (AvgIpc) is 2.65. The fraction of sp³-hybridized carbons (Fsp3) is 0.238. The smallest absolute Gasteiger partial charge is 0.311 e. The predicted octanol–water partition coefficient (Wildman–Crippen LogP) is 5.07. The number of rotatable bonds is 8. The maximum atomic E-state index is 12.1. The Hall–Kier alpha value is -2.78. The number of hydrogen-bond donors (Lipinski definition) is 0. The predicted molar refractivity (Wildman–Crippen MR) is 107 cm³/mol. The minimum absolute atomic E-state index is 0.225. The first-order valence-electron chi connectivity index (χ1n) is 8.37. The monoisotopic (exact) mass is 429 g/mol. The maximum Gasteiger partial charge on any atom is 0.311 e. The zero-order valence-corrected chi connectivity index (χ0v) is 16.8. The number of aryl methyl sites for hydroxylation is 1. The Morgan fingerprint density at radius 2 is 1.96 bits per heavy atom. The molecule has 0 aliphatic heterocycles. The van der Waals surface area contributed by atoms with Gasteiger partial charge in [-0.1, -0.05) is 12.1 Å². The van der Waals surface area contributed by atoms with Crippen LogP contribution in [0.2, 0.25) is 0 Å². The first-order valence-corrected chi connectivity index (χ1v) is 9.16. The summed E-state index contributed by atoms with van der Waals surface area (Å²) in [5, 5.41) is 8.58. The standard InChI is InChI=1S/C21H20BrNO4/c1-15-7-9-18(17(22)13-15)26-12-4-6-21(24)27-19-10-8-16(5-3-11-23)14-20(19)25-2/h3,5,7-10,13-14H,4,6,12H2,1-2H3/b5-3-. The molecule has 0 N–H and O–H groups in total. The second kappa shape index (κ2) is 10.4. The molecule has 0 heterocycles. The molecule has 27 heavy (non-hydrogen) atoms. The van der Waals surface area contributed by atoms with E-state index in [1.54, 1.807) is 24.3 Å². The topological polar surface area (TPSA) is 68.5 Å². The van der Waals surface area contributed by atoms with Crippen molar-refractivity contribution in [1.82, 2.24) is 0 Å². The molecule has 0 amide bonds. The number of hydrogen-bond acceptors (Lipinski definition) is 5. The van der Waals surface area contributed by atoms with Gasteiger partial charge in [0.25, 0.3) is 0 Å². The van der Waals surface area contributed by atoms with Crippen LogP contribution in [0.3, 0.4) is 0 Å². The molecule has 2 rings (SSSR count). The molecular formula is C21H20BrNO4. The molecule has 140 valence electrons. The summed E-state index contributed by atoms with van der Waals surface area (Å²) in [4.78, 5) is 12.1. The largest absolute Gasteiger partial charge is 0.493 e. The van der Waals surface area contributed by atoms with Gasteiger partial charge in [-0.3, -0.25) is 4.79 Å². The van der Waals surface area contributed by atoms with E-state index in [2.05, 4.69) is 15.9 Å². The van der Waals surface area contributed by atoms with E-state index >= 15 is 0 Å². The zero-order chi connectivity index (χ0) is 19.6. The van der Waals surface area contributed by atoms with E-state index in [-0.39, 0.29) is 12.4 Å². The maximum absolute atomic E-state index is 12.1. The summed E-state index contributed by atoms with van der Waals surface area (Å²) in [6, 6.07) is 12.9. The van der Waals surface area contributed by atoms with Crippen LogP contribution in [0, 0.1) is 18.3 Å². The van der Waals surface area contributed by atoms with Gasteiger partial charge in [0.1, 0.15) is 5.75 Å². The normalized spacial score (nSPS) is 10.4. The second-order valence-electron chi connectivity index (χ2n) is 5.73. The van der Waals surface area contributed by atoms with E-state index in [9.17, 15) is 4.79 Å². The van der Waals surface area contributed by atoms with Gasteiger partial charge in [-0.25, -0.2) is 0 Å². The molecule has 0 unspecified atom stereocenters. The lowest BCUT2D eigenvalue weighted by atomic mass is 10.2. The molecule has 0 saturated heterocycles. The summed E-state index contributed by atoms with van der Waals surface area (Å²) in [7, 11) is 1.50. The number of carbonyl (C=O) groups excluding carboxylic acids is 1. The Kier molecular flexibility index (Phi) is 7.90. The van der Waals surface area contributed by atoms with Crippen molar-refractivity contribution in [3.63, 3.8) is 0 Å². The molecule has 2 aromatic carbocycles. The molecular weight excluding hydrogens is 410 g/mol. The molecule has 0 aliphatic carbocycles. The summed E-state index contributed by atoms with van der Waals surface area (Å²) in [6.07, 6.45) is 3.77. The average molecular weight is 430 g/mol. The first-order chi connectivity index (χ1) is 13.0. The third kappa shape index (κ3) is 6.46. The van der Waals surface area contributed by atoms with E-state index in [0.29, 0.717) is 24.5 Å². The molecule has 0 atom stereocenters. The number of nitriles is 1. The van der Waals surface area contributed by atoms with Crippen LogP contribution in [0.15, 0.2) is 46.9 Å². The third-order valence-electron chi connectivity index (χ3n) is 3.63. The van der Waals surface area contributed by atoms with Gasteiger partial charge in [0.05, 0.1) is 24.3 Å². The van der Waals surface area contributed by atoms with Crippen molar-refractivity contribution in [3.8, 4) is 23.3 Å². The van der Waals surface area contributed by atoms with Crippen molar-refractivity contribution >= 4 is 28.0 Å². The molecule has 6 heteroatoms. The number of halogens is 1. The SMILES string of the molecule is COc1cc(/C=C\C#N)ccc1OC(=O)CCCOc1ccc(C)cc1Br. The molecule has 5 nitrogen and oxygen atoms in total. The number of esters is 1. The molecule has 0 aliphatic rings. The molecule has 0 bridgehead atoms. The number of methoxy groups -OCH3 is 1. The van der Waals surface area contributed by atoms with Crippen molar-refractivity contribution in [3.05, 3.63) is 58.1 Å². The van der Waals surface area contributed by atoms with Gasteiger partial charge in [-0.05, 0) is 70.7 Å². The van der Waals surface area contributed by atoms with Crippen LogP contribution in [0.4, 0.5) is 0 Å². The van der Waals surface area contributed by atoms with Crippen molar-refractivity contribution in [1.29, 1.82) is 5.26 Å². The highest BCUT2D eigenvalue weighted by atomic mass is 79.9. The molecule has 2 aromatic rings. The van der Waals surface area contributed by atoms with Crippen LogP contribution in [0.1, 0.15) is 24.0 Å². The number of benzene rings is 2. The highest BCUT2D eigenvalue weighted by molar-refractivity contribution is 9.10. The summed E-state index contributed by atoms with van der Waals surface area (Å²) < 4.78 is 17.2. The first kappa shape index (κ1) is 20.5. The Balaban J connectivity index is 1.85. The fourth-order valence-corrected chi connectivity index (χ4v) is 2.91. The van der Waals surface area contributed by atoms with Crippen molar-refractivity contribution in [2.45, 2.75) is 19.8 Å². The highest BCUT2D eigenvalue weighted by Gasteiger charge is 2.11. The van der Waals surface area contributed by atoms with Crippen LogP contribution >= 0.6 is 15.9 Å². The van der Waals surface area contributed by atoms with Gasteiger partial charge in [-0.2, -0.15) is 5.26 Å². The van der Waals surface area contributed by atoms with E-state index in [0.717, 1.165) is 21.3 Å². The van der Waals surface area contributed by atoms with Gasteiger partial charge < -0.3 is 14.2 Å². The van der Waals surface area contributed by atoms with Gasteiger partial charge in [0.2, 0.25) is 0 Å². The van der Waals surface area contributed by atoms with E-state index in [1.165, 1.54) is 13.2 Å². The summed E-state index contributed by atoms with van der Waals surface area (Å²) >= 11 is 3.46. The van der Waals surface area contributed by atoms with Crippen molar-refractivity contribution in [2.24, 2.45) is 0 Å². The lowest BCUT2D eigenvalue weighted by Gasteiger charge is -2.11. The summed E-state index contributed by atoms with van der Waals surface area (Å²) in [5.41, 5.74) is 1.92. The number of nitrogens with zero attached hydrogens (tertiary/aromatic N) is 1. The number of carbonyl (C=O) groups is 1. The molecule has 0 radical (unpaired) electrons. The second-order valence-corrected chi connectivity index (χ2v) is 6.59. The fourth-order valence-electron chi connectivity index (χ4n) is 2.30. The lowest BCUT2D eigenvalue weighted by Crippen LogP contribution is -2.10. The molecule has 0 saturated carbocycles. The van der Waals surface area contributed by atoms with Crippen LogP contribution in [-0.4, -0.2) is 19.7 Å². The van der Waals surface area contributed by atoms with Crippen LogP contribution in [-0.2, 0) is 4.79 Å². The lowest BCUT2D eigenvalue weighted by molar-refractivity contribution is -0.134. The van der Waals surface area contributed by atoms with E-state index < -0.39 is 0 Å². The third-order valence-corrected chi connectivity index (χ3v) is 4.25. The highest BCUT2D eigenvalue weighted by Crippen LogP contribution is 2.29. The zero-order valence-electron chi connectivity index (χ0n) is 15.2. The van der Waals surface area contributed by atoms with Crippen LogP contribution in [0.25, 0.3) is 6.08 Å². The van der Waals surface area contributed by atoms with Crippen molar-refractivity contribution < 1.29 is 19.0 Å². The van der Waals surface area contributed by atoms with E-state index in [1.807, 2.05) is 31.2 Å². The van der Waals surface area contributed by atoms with Gasteiger partial charge in [0.15, 0.2) is 11.5 Å². The van der Waals surface area contributed by atoms with Gasteiger partial charge >= 0.3 is 5.97 Å². The van der Waals surface area contributed by atoms with E-state index in [4.69, 9.17) is 19.5 Å². The molecule has 0 fully saturated rings. The summed E-state index contributed by atoms with van der Waals surface area (Å²) in [6.45, 7) is 2.41. The Morgan fingerprint density at radius 3 is 2.67 bits per heavy atom.